The Kier molecular flexibility index (Phi) is 4.91. The average molecular weight is 285 g/mol. The van der Waals surface area contributed by atoms with E-state index < -0.39 is 0 Å². The predicted octanol–water partition coefficient (Wildman–Crippen LogP) is 2.76. The Bertz CT molecular complexity index is 602. The van der Waals surface area contributed by atoms with Gasteiger partial charge in [-0.05, 0) is 37.9 Å². The molecule has 0 saturated carbocycles. The summed E-state index contributed by atoms with van der Waals surface area (Å²) in [7, 11) is 1.68. The number of aryl methyl sites for hydroxylation is 2. The minimum atomic E-state index is 0.283. The molecule has 1 atom stereocenters. The van der Waals surface area contributed by atoms with Gasteiger partial charge in [0.2, 0.25) is 0 Å². The van der Waals surface area contributed by atoms with Crippen LogP contribution in [0.1, 0.15) is 41.2 Å². The molecule has 0 aliphatic carbocycles. The Morgan fingerprint density at radius 1 is 1.14 bits per heavy atom. The summed E-state index contributed by atoms with van der Waals surface area (Å²) in [5.41, 5.74) is 10.1. The van der Waals surface area contributed by atoms with Gasteiger partial charge in [0.25, 0.3) is 0 Å². The zero-order valence-electron chi connectivity index (χ0n) is 13.2. The monoisotopic (exact) mass is 285 g/mol. The third-order valence-corrected chi connectivity index (χ3v) is 3.76. The van der Waals surface area contributed by atoms with Gasteiger partial charge in [0.1, 0.15) is 11.6 Å². The van der Waals surface area contributed by atoms with Gasteiger partial charge in [-0.15, -0.1) is 0 Å². The summed E-state index contributed by atoms with van der Waals surface area (Å²) in [6.45, 7) is 6.78. The zero-order valence-corrected chi connectivity index (χ0v) is 13.2. The van der Waals surface area contributed by atoms with Gasteiger partial charge < -0.3 is 10.5 Å². The molecule has 21 heavy (non-hydrogen) atoms. The zero-order chi connectivity index (χ0) is 15.4. The van der Waals surface area contributed by atoms with Crippen molar-refractivity contribution in [3.05, 3.63) is 52.6 Å². The van der Waals surface area contributed by atoms with E-state index in [1.54, 1.807) is 7.11 Å². The van der Waals surface area contributed by atoms with Gasteiger partial charge >= 0.3 is 0 Å². The van der Waals surface area contributed by atoms with Crippen LogP contribution < -0.4 is 10.5 Å². The number of aromatic nitrogens is 2. The van der Waals surface area contributed by atoms with Crippen LogP contribution in [0.25, 0.3) is 0 Å². The van der Waals surface area contributed by atoms with E-state index in [1.807, 2.05) is 38.1 Å². The third-order valence-electron chi connectivity index (χ3n) is 3.76. The van der Waals surface area contributed by atoms with Gasteiger partial charge in [-0.25, -0.2) is 9.97 Å². The summed E-state index contributed by atoms with van der Waals surface area (Å²) in [5, 5.41) is 0. The maximum Gasteiger partial charge on any atom is 0.133 e. The second-order valence-electron chi connectivity index (χ2n) is 5.35. The SMILES string of the molecule is COc1ccccc1Cc1nc(C)c(C(C)CN)c(C)n1. The van der Waals surface area contributed by atoms with Crippen molar-refractivity contribution >= 4 is 0 Å². The number of methoxy groups -OCH3 is 1. The molecule has 1 aromatic heterocycles. The summed E-state index contributed by atoms with van der Waals surface area (Å²) < 4.78 is 5.39. The first-order chi connectivity index (χ1) is 10.1. The van der Waals surface area contributed by atoms with E-state index in [4.69, 9.17) is 10.5 Å². The number of ether oxygens (including phenoxy) is 1. The second-order valence-corrected chi connectivity index (χ2v) is 5.35. The highest BCUT2D eigenvalue weighted by Crippen LogP contribution is 2.23. The highest BCUT2D eigenvalue weighted by molar-refractivity contribution is 5.36. The largest absolute Gasteiger partial charge is 0.496 e. The molecule has 0 aliphatic rings. The number of hydrogen-bond donors (Lipinski definition) is 1. The van der Waals surface area contributed by atoms with Gasteiger partial charge in [-0.1, -0.05) is 25.1 Å². The van der Waals surface area contributed by atoms with Crippen molar-refractivity contribution in [1.29, 1.82) is 0 Å². The van der Waals surface area contributed by atoms with Gasteiger partial charge in [-0.3, -0.25) is 0 Å². The van der Waals surface area contributed by atoms with Gasteiger partial charge in [0.15, 0.2) is 0 Å². The molecular formula is C17H23N3O. The fourth-order valence-corrected chi connectivity index (χ4v) is 2.72. The van der Waals surface area contributed by atoms with Crippen molar-refractivity contribution in [2.75, 3.05) is 13.7 Å². The second kappa shape index (κ2) is 6.68. The van der Waals surface area contributed by atoms with E-state index in [0.29, 0.717) is 13.0 Å². The van der Waals surface area contributed by atoms with Crippen LogP contribution in [0.5, 0.6) is 5.75 Å². The highest BCUT2D eigenvalue weighted by atomic mass is 16.5. The van der Waals surface area contributed by atoms with Gasteiger partial charge in [0, 0.05) is 23.4 Å². The maximum absolute atomic E-state index is 5.77. The molecule has 2 rings (SSSR count). The predicted molar refractivity (Wildman–Crippen MR) is 84.8 cm³/mol. The van der Waals surface area contributed by atoms with Crippen LogP contribution in [-0.4, -0.2) is 23.6 Å². The molecule has 1 aromatic carbocycles. The molecule has 0 aliphatic heterocycles. The van der Waals surface area contributed by atoms with Crippen LogP contribution in [0.15, 0.2) is 24.3 Å². The molecule has 0 fully saturated rings. The van der Waals surface area contributed by atoms with Crippen LogP contribution in [-0.2, 0) is 6.42 Å². The lowest BCUT2D eigenvalue weighted by Gasteiger charge is -2.16. The fourth-order valence-electron chi connectivity index (χ4n) is 2.72. The summed E-state index contributed by atoms with van der Waals surface area (Å²) in [6.07, 6.45) is 0.670. The lowest BCUT2D eigenvalue weighted by Crippen LogP contribution is -2.15. The molecule has 112 valence electrons. The Morgan fingerprint density at radius 3 is 2.33 bits per heavy atom. The Balaban J connectivity index is 2.34. The minimum absolute atomic E-state index is 0.283. The Morgan fingerprint density at radius 2 is 1.76 bits per heavy atom. The molecule has 4 nitrogen and oxygen atoms in total. The lowest BCUT2D eigenvalue weighted by molar-refractivity contribution is 0.410. The van der Waals surface area contributed by atoms with Crippen molar-refractivity contribution < 1.29 is 4.74 Å². The van der Waals surface area contributed by atoms with Crippen molar-refractivity contribution in [2.24, 2.45) is 5.73 Å². The molecule has 0 amide bonds. The summed E-state index contributed by atoms with van der Waals surface area (Å²) in [4.78, 5) is 9.30. The van der Waals surface area contributed by atoms with Crippen LogP contribution in [0.2, 0.25) is 0 Å². The normalized spacial score (nSPS) is 12.2. The molecule has 0 bridgehead atoms. The van der Waals surface area contributed by atoms with E-state index in [9.17, 15) is 0 Å². The van der Waals surface area contributed by atoms with E-state index in [-0.39, 0.29) is 5.92 Å². The van der Waals surface area contributed by atoms with Crippen LogP contribution in [0, 0.1) is 13.8 Å². The number of para-hydroxylation sites is 1. The summed E-state index contributed by atoms with van der Waals surface area (Å²) in [5.74, 6) is 1.98. The lowest BCUT2D eigenvalue weighted by atomic mass is 9.98. The first kappa shape index (κ1) is 15.4. The maximum atomic E-state index is 5.77. The van der Waals surface area contributed by atoms with Crippen LogP contribution >= 0.6 is 0 Å². The Labute approximate surface area is 126 Å². The molecule has 2 aromatic rings. The van der Waals surface area contributed by atoms with Crippen molar-refractivity contribution in [1.82, 2.24) is 9.97 Å². The molecule has 0 saturated heterocycles. The number of benzene rings is 1. The Hall–Kier alpha value is -1.94. The standard InChI is InChI=1S/C17H23N3O/c1-11(10-18)17-12(2)19-16(20-13(17)3)9-14-7-5-6-8-15(14)21-4/h5-8,11H,9-10,18H2,1-4H3. The third kappa shape index (κ3) is 3.39. The smallest absolute Gasteiger partial charge is 0.133 e. The van der Waals surface area contributed by atoms with E-state index >= 15 is 0 Å². The van der Waals surface area contributed by atoms with E-state index in [2.05, 4.69) is 16.9 Å². The van der Waals surface area contributed by atoms with Crippen molar-refractivity contribution in [2.45, 2.75) is 33.1 Å². The van der Waals surface area contributed by atoms with E-state index in [0.717, 1.165) is 28.5 Å². The molecule has 2 N–H and O–H groups in total. The van der Waals surface area contributed by atoms with Gasteiger partial charge in [-0.2, -0.15) is 0 Å². The molecular weight excluding hydrogens is 262 g/mol. The summed E-state index contributed by atoms with van der Waals surface area (Å²) in [6, 6.07) is 7.97. The quantitative estimate of drug-likeness (QED) is 0.917. The molecule has 1 unspecified atom stereocenters. The summed E-state index contributed by atoms with van der Waals surface area (Å²) >= 11 is 0. The van der Waals surface area contributed by atoms with Crippen LogP contribution in [0.3, 0.4) is 0 Å². The van der Waals surface area contributed by atoms with Gasteiger partial charge in [0.05, 0.1) is 7.11 Å². The highest BCUT2D eigenvalue weighted by Gasteiger charge is 2.14. The average Bonchev–Trinajstić information content (AvgIpc) is 2.46. The number of nitrogens with zero attached hydrogens (tertiary/aromatic N) is 2. The molecule has 0 radical (unpaired) electrons. The van der Waals surface area contributed by atoms with Crippen LogP contribution in [0.4, 0.5) is 0 Å². The van der Waals surface area contributed by atoms with E-state index in [1.165, 1.54) is 5.56 Å². The fraction of sp³-hybridized carbons (Fsp3) is 0.412. The number of rotatable bonds is 5. The van der Waals surface area contributed by atoms with Crippen molar-refractivity contribution in [3.63, 3.8) is 0 Å². The van der Waals surface area contributed by atoms with Crippen molar-refractivity contribution in [3.8, 4) is 5.75 Å². The molecule has 4 heteroatoms. The number of hydrogen-bond acceptors (Lipinski definition) is 4. The topological polar surface area (TPSA) is 61.0 Å². The number of nitrogens with two attached hydrogens (primary N) is 1. The first-order valence-corrected chi connectivity index (χ1v) is 7.22. The minimum Gasteiger partial charge on any atom is -0.496 e. The molecule has 1 heterocycles. The first-order valence-electron chi connectivity index (χ1n) is 7.22. The molecule has 0 spiro atoms.